The number of ether oxygens (including phenoxy) is 2. The highest BCUT2D eigenvalue weighted by Gasteiger charge is 2.26. The minimum Gasteiger partial charge on any atom is -0.497 e. The lowest BCUT2D eigenvalue weighted by atomic mass is 10.2. The van der Waals surface area contributed by atoms with E-state index < -0.39 is 0 Å². The molecular formula is C21H24N4O4S. The normalized spacial score (nSPS) is 15.2. The molecule has 4 rings (SSSR count). The molecule has 0 saturated carbocycles. The number of furan rings is 1. The van der Waals surface area contributed by atoms with E-state index in [1.807, 2.05) is 52.8 Å². The fraction of sp³-hybridized carbons (Fsp3) is 0.381. The lowest BCUT2D eigenvalue weighted by Crippen LogP contribution is -2.44. The number of aromatic nitrogens is 3. The van der Waals surface area contributed by atoms with Crippen LogP contribution in [0.5, 0.6) is 5.75 Å². The summed E-state index contributed by atoms with van der Waals surface area (Å²) < 4.78 is 18.2. The van der Waals surface area contributed by atoms with Crippen molar-refractivity contribution in [2.45, 2.75) is 23.9 Å². The maximum absolute atomic E-state index is 12.8. The van der Waals surface area contributed by atoms with Crippen molar-refractivity contribution in [1.82, 2.24) is 19.7 Å². The Labute approximate surface area is 179 Å². The monoisotopic (exact) mass is 428 g/mol. The number of hydrogen-bond donors (Lipinski definition) is 0. The van der Waals surface area contributed by atoms with Crippen molar-refractivity contribution in [3.8, 4) is 17.1 Å². The van der Waals surface area contributed by atoms with Gasteiger partial charge in [0.25, 0.3) is 0 Å². The van der Waals surface area contributed by atoms with Crippen LogP contribution in [0.2, 0.25) is 0 Å². The van der Waals surface area contributed by atoms with Crippen LogP contribution in [0.1, 0.15) is 12.7 Å². The zero-order valence-corrected chi connectivity index (χ0v) is 17.8. The van der Waals surface area contributed by atoms with Crippen LogP contribution in [0, 0.1) is 0 Å². The zero-order valence-electron chi connectivity index (χ0n) is 17.0. The molecule has 0 N–H and O–H groups in total. The van der Waals surface area contributed by atoms with Crippen molar-refractivity contribution in [1.29, 1.82) is 0 Å². The number of methoxy groups -OCH3 is 1. The van der Waals surface area contributed by atoms with Gasteiger partial charge in [-0.15, -0.1) is 10.2 Å². The second-order valence-corrected chi connectivity index (χ2v) is 8.21. The van der Waals surface area contributed by atoms with E-state index in [1.165, 1.54) is 11.8 Å². The third-order valence-electron chi connectivity index (χ3n) is 4.89. The molecule has 0 radical (unpaired) electrons. The summed E-state index contributed by atoms with van der Waals surface area (Å²) in [6, 6.07) is 11.4. The topological polar surface area (TPSA) is 82.6 Å². The first-order chi connectivity index (χ1) is 14.7. The molecule has 0 bridgehead atoms. The van der Waals surface area contributed by atoms with Crippen LogP contribution >= 0.6 is 11.8 Å². The summed E-state index contributed by atoms with van der Waals surface area (Å²) in [6.07, 6.45) is 1.64. The largest absolute Gasteiger partial charge is 0.497 e. The average molecular weight is 429 g/mol. The van der Waals surface area contributed by atoms with Crippen molar-refractivity contribution in [2.24, 2.45) is 0 Å². The van der Waals surface area contributed by atoms with E-state index in [1.54, 1.807) is 13.4 Å². The smallest absolute Gasteiger partial charge is 0.236 e. The Balaban J connectivity index is 1.62. The van der Waals surface area contributed by atoms with Gasteiger partial charge < -0.3 is 18.8 Å². The first-order valence-corrected chi connectivity index (χ1v) is 10.7. The van der Waals surface area contributed by atoms with Gasteiger partial charge in [0.2, 0.25) is 5.91 Å². The van der Waals surface area contributed by atoms with Crippen molar-refractivity contribution in [2.75, 3.05) is 33.4 Å². The lowest BCUT2D eigenvalue weighted by Gasteiger charge is -2.28. The molecule has 1 aliphatic rings. The van der Waals surface area contributed by atoms with Crippen LogP contribution in [0.25, 0.3) is 11.4 Å². The number of carbonyl (C=O) groups is 1. The molecular weight excluding hydrogens is 404 g/mol. The summed E-state index contributed by atoms with van der Waals surface area (Å²) in [5, 5.41) is 9.19. The van der Waals surface area contributed by atoms with E-state index in [4.69, 9.17) is 13.9 Å². The summed E-state index contributed by atoms with van der Waals surface area (Å²) >= 11 is 1.40. The van der Waals surface area contributed by atoms with Crippen molar-refractivity contribution >= 4 is 17.7 Å². The van der Waals surface area contributed by atoms with Gasteiger partial charge in [-0.3, -0.25) is 9.36 Å². The van der Waals surface area contributed by atoms with E-state index in [-0.39, 0.29) is 11.2 Å². The Hall–Kier alpha value is -2.78. The van der Waals surface area contributed by atoms with Crippen molar-refractivity contribution in [3.63, 3.8) is 0 Å². The van der Waals surface area contributed by atoms with Gasteiger partial charge in [0, 0.05) is 18.7 Å². The molecule has 1 amide bonds. The fourth-order valence-corrected chi connectivity index (χ4v) is 4.23. The predicted octanol–water partition coefficient (Wildman–Crippen LogP) is 2.93. The van der Waals surface area contributed by atoms with E-state index in [2.05, 4.69) is 10.2 Å². The third-order valence-corrected chi connectivity index (χ3v) is 5.96. The molecule has 1 fully saturated rings. The molecule has 30 heavy (non-hydrogen) atoms. The minimum absolute atomic E-state index is 0.0822. The van der Waals surface area contributed by atoms with E-state index in [0.29, 0.717) is 43.8 Å². The number of nitrogens with zero attached hydrogens (tertiary/aromatic N) is 4. The maximum atomic E-state index is 12.8. The molecule has 0 aliphatic carbocycles. The van der Waals surface area contributed by atoms with Crippen LogP contribution < -0.4 is 4.74 Å². The number of benzene rings is 1. The molecule has 3 heterocycles. The van der Waals surface area contributed by atoms with Crippen molar-refractivity contribution in [3.05, 3.63) is 48.4 Å². The Bertz CT molecular complexity index is 983. The average Bonchev–Trinajstić information content (AvgIpc) is 3.44. The molecule has 1 aromatic carbocycles. The number of hydrogen-bond acceptors (Lipinski definition) is 7. The van der Waals surface area contributed by atoms with Crippen LogP contribution in [0.15, 0.2) is 52.2 Å². The van der Waals surface area contributed by atoms with E-state index in [0.717, 1.165) is 17.1 Å². The van der Waals surface area contributed by atoms with Gasteiger partial charge in [-0.2, -0.15) is 0 Å². The Morgan fingerprint density at radius 3 is 2.80 bits per heavy atom. The standard InChI is InChI=1S/C21H24N4O4S/c1-15(20(26)24-8-11-28-12-9-24)30-21-23-22-19(16-5-3-6-17(13-16)27-2)25(21)14-18-7-4-10-29-18/h3-7,10,13,15H,8-9,11-12,14H2,1-2H3. The molecule has 3 aromatic rings. The van der Waals surface area contributed by atoms with Gasteiger partial charge in [-0.05, 0) is 31.2 Å². The van der Waals surface area contributed by atoms with Crippen molar-refractivity contribution < 1.29 is 18.7 Å². The summed E-state index contributed by atoms with van der Waals surface area (Å²) in [5.41, 5.74) is 0.882. The summed E-state index contributed by atoms with van der Waals surface area (Å²) in [5.74, 6) is 2.30. The highest BCUT2D eigenvalue weighted by atomic mass is 32.2. The first-order valence-electron chi connectivity index (χ1n) is 9.79. The second kappa shape index (κ2) is 9.36. The quantitative estimate of drug-likeness (QED) is 0.535. The zero-order chi connectivity index (χ0) is 20.9. The molecule has 2 aromatic heterocycles. The summed E-state index contributed by atoms with van der Waals surface area (Å²) in [6.45, 7) is 4.78. The van der Waals surface area contributed by atoms with Gasteiger partial charge >= 0.3 is 0 Å². The molecule has 1 saturated heterocycles. The molecule has 0 spiro atoms. The molecule has 8 nitrogen and oxygen atoms in total. The van der Waals surface area contributed by atoms with Gasteiger partial charge in [-0.1, -0.05) is 23.9 Å². The highest BCUT2D eigenvalue weighted by Crippen LogP contribution is 2.30. The summed E-state index contributed by atoms with van der Waals surface area (Å²) in [7, 11) is 1.63. The number of thioether (sulfide) groups is 1. The Kier molecular flexibility index (Phi) is 6.39. The molecule has 1 atom stereocenters. The number of carbonyl (C=O) groups excluding carboxylic acids is 1. The fourth-order valence-electron chi connectivity index (χ4n) is 3.30. The predicted molar refractivity (Wildman–Crippen MR) is 113 cm³/mol. The van der Waals surface area contributed by atoms with Gasteiger partial charge in [0.05, 0.1) is 38.4 Å². The van der Waals surface area contributed by atoms with Crippen LogP contribution in [-0.4, -0.2) is 64.2 Å². The van der Waals surface area contributed by atoms with E-state index >= 15 is 0 Å². The van der Waals surface area contributed by atoms with Gasteiger partial charge in [0.15, 0.2) is 11.0 Å². The number of morpholine rings is 1. The molecule has 158 valence electrons. The van der Waals surface area contributed by atoms with E-state index in [9.17, 15) is 4.79 Å². The maximum Gasteiger partial charge on any atom is 0.236 e. The molecule has 1 unspecified atom stereocenters. The third kappa shape index (κ3) is 4.52. The second-order valence-electron chi connectivity index (χ2n) is 6.90. The van der Waals surface area contributed by atoms with Gasteiger partial charge in [0.1, 0.15) is 11.5 Å². The van der Waals surface area contributed by atoms with Crippen LogP contribution in [0.4, 0.5) is 0 Å². The Morgan fingerprint density at radius 1 is 1.23 bits per heavy atom. The minimum atomic E-state index is -0.291. The Morgan fingerprint density at radius 2 is 2.07 bits per heavy atom. The van der Waals surface area contributed by atoms with Gasteiger partial charge in [-0.25, -0.2) is 0 Å². The van der Waals surface area contributed by atoms with Crippen LogP contribution in [0.3, 0.4) is 0 Å². The molecule has 9 heteroatoms. The first kappa shape index (κ1) is 20.5. The number of rotatable bonds is 7. The lowest BCUT2D eigenvalue weighted by molar-refractivity contribution is -0.134. The number of amides is 1. The van der Waals surface area contributed by atoms with Crippen LogP contribution in [-0.2, 0) is 16.1 Å². The summed E-state index contributed by atoms with van der Waals surface area (Å²) in [4.78, 5) is 14.7. The SMILES string of the molecule is COc1cccc(-c2nnc(SC(C)C(=O)N3CCOCC3)n2Cc2ccco2)c1. The highest BCUT2D eigenvalue weighted by molar-refractivity contribution is 8.00. The molecule has 1 aliphatic heterocycles.